The molecule has 2 aliphatic rings. The second-order valence-electron chi connectivity index (χ2n) is 11.3. The normalized spacial score (nSPS) is 22.2. The van der Waals surface area contributed by atoms with Crippen LogP contribution in [-0.4, -0.2) is 26.5 Å². The molecule has 5 heteroatoms. The van der Waals surface area contributed by atoms with Crippen molar-refractivity contribution in [2.75, 3.05) is 20.3 Å². The van der Waals surface area contributed by atoms with Gasteiger partial charge in [0.1, 0.15) is 0 Å². The zero-order valence-electron chi connectivity index (χ0n) is 24.6. The van der Waals surface area contributed by atoms with E-state index in [1.807, 2.05) is 30.5 Å². The molecule has 212 valence electrons. The predicted molar refractivity (Wildman–Crippen MR) is 154 cm³/mol. The monoisotopic (exact) mass is 534 g/mol. The summed E-state index contributed by atoms with van der Waals surface area (Å²) < 4.78 is 16.8. The van der Waals surface area contributed by atoms with E-state index in [-0.39, 0.29) is 11.6 Å². The zero-order valence-corrected chi connectivity index (χ0v) is 24.6. The highest BCUT2D eigenvalue weighted by Gasteiger charge is 2.44. The maximum atomic E-state index is 8.12. The molecule has 0 aliphatic heterocycles. The molecule has 2 atom stereocenters. The zero-order chi connectivity index (χ0) is 28.7. The topological polar surface area (TPSA) is 61.8 Å². The maximum absolute atomic E-state index is 8.12. The van der Waals surface area contributed by atoms with Crippen LogP contribution in [0.15, 0.2) is 84.1 Å². The second-order valence-corrected chi connectivity index (χ2v) is 11.3. The fourth-order valence-electron chi connectivity index (χ4n) is 5.09. The molecular formula is C34H46O5. The first-order chi connectivity index (χ1) is 18.7. The van der Waals surface area contributed by atoms with Crippen molar-refractivity contribution >= 4 is 6.15 Å². The van der Waals surface area contributed by atoms with Gasteiger partial charge in [-0.05, 0) is 58.6 Å². The molecule has 0 amide bonds. The van der Waals surface area contributed by atoms with Crippen molar-refractivity contribution in [3.63, 3.8) is 0 Å². The van der Waals surface area contributed by atoms with Crippen LogP contribution in [0.5, 0.6) is 0 Å². The average Bonchev–Trinajstić information content (AvgIpc) is 2.93. The number of hydrogen-bond acceptors (Lipinski definition) is 5. The first kappa shape index (κ1) is 32.2. The van der Waals surface area contributed by atoms with Crippen molar-refractivity contribution in [2.24, 2.45) is 22.7 Å². The van der Waals surface area contributed by atoms with Crippen LogP contribution < -0.4 is 0 Å². The predicted octanol–water partition coefficient (Wildman–Crippen LogP) is 7.78. The van der Waals surface area contributed by atoms with Crippen LogP contribution in [0.3, 0.4) is 0 Å². The summed E-state index contributed by atoms with van der Waals surface area (Å²) in [5.41, 5.74) is 6.05. The molecular weight excluding hydrogens is 488 g/mol. The minimum atomic E-state index is 0.215. The van der Waals surface area contributed by atoms with Crippen LogP contribution in [0.4, 0.5) is 0 Å². The van der Waals surface area contributed by atoms with E-state index >= 15 is 0 Å². The lowest BCUT2D eigenvalue weighted by molar-refractivity contribution is -0.191. The third-order valence-electron chi connectivity index (χ3n) is 8.20. The Hall–Kier alpha value is -2.98. The molecule has 2 aliphatic carbocycles. The van der Waals surface area contributed by atoms with Gasteiger partial charge in [0.25, 0.3) is 0 Å². The van der Waals surface area contributed by atoms with Crippen molar-refractivity contribution < 1.29 is 23.8 Å². The third-order valence-corrected chi connectivity index (χ3v) is 8.20. The minimum absolute atomic E-state index is 0.215. The van der Waals surface area contributed by atoms with E-state index in [4.69, 9.17) is 23.8 Å². The number of benzene rings is 2. The van der Waals surface area contributed by atoms with Gasteiger partial charge in [-0.25, -0.2) is 0 Å². The lowest BCUT2D eigenvalue weighted by Gasteiger charge is -2.47. The van der Waals surface area contributed by atoms with E-state index in [2.05, 4.69) is 77.1 Å². The largest absolute Gasteiger partial charge is 0.504 e. The SMILES string of the molecule is CCC=C1CC(COCc2ccccc2)C1(C)C.COC=C1CC(COCc2ccccc2)C1(C)C.O=C=O. The standard InChI is InChI=1S/C17H24O.C16H22O2.CO2/c1-4-8-15-11-16(17(15,2)3)13-18-12-14-9-6-5-7-10-14;1-16(2)14(11-17-3)9-15(16)12-18-10-13-7-5-4-6-8-13;2-1-3/h5-10,16H,4,11-13H2,1-3H3;4-8,11,15H,9-10,12H2,1-3H3;. The highest BCUT2D eigenvalue weighted by molar-refractivity contribution is 5.24. The van der Waals surface area contributed by atoms with Crippen LogP contribution in [0.2, 0.25) is 0 Å². The van der Waals surface area contributed by atoms with Gasteiger partial charge in [0, 0.05) is 0 Å². The number of ether oxygens (including phenoxy) is 3. The van der Waals surface area contributed by atoms with Gasteiger partial charge in [0.2, 0.25) is 0 Å². The van der Waals surface area contributed by atoms with Crippen LogP contribution in [-0.2, 0) is 37.0 Å². The van der Waals surface area contributed by atoms with Crippen molar-refractivity contribution in [1.82, 2.24) is 0 Å². The molecule has 0 aromatic heterocycles. The molecule has 5 nitrogen and oxygen atoms in total. The lowest BCUT2D eigenvalue weighted by Crippen LogP contribution is -2.40. The van der Waals surface area contributed by atoms with Gasteiger partial charge in [-0.2, -0.15) is 9.59 Å². The summed E-state index contributed by atoms with van der Waals surface area (Å²) in [4.78, 5) is 16.2. The van der Waals surface area contributed by atoms with Gasteiger partial charge in [-0.3, -0.25) is 0 Å². The Morgan fingerprint density at radius 3 is 1.54 bits per heavy atom. The maximum Gasteiger partial charge on any atom is 0.373 e. The average molecular weight is 535 g/mol. The number of carbonyl (C=O) groups excluding carboxylic acids is 2. The molecule has 0 N–H and O–H groups in total. The second kappa shape index (κ2) is 16.2. The first-order valence-electron chi connectivity index (χ1n) is 13.8. The number of methoxy groups -OCH3 is 1. The van der Waals surface area contributed by atoms with Crippen molar-refractivity contribution in [3.05, 3.63) is 95.3 Å². The van der Waals surface area contributed by atoms with E-state index in [1.54, 1.807) is 12.7 Å². The molecule has 0 saturated heterocycles. The van der Waals surface area contributed by atoms with E-state index < -0.39 is 0 Å². The van der Waals surface area contributed by atoms with Crippen LogP contribution >= 0.6 is 0 Å². The molecule has 2 fully saturated rings. The van der Waals surface area contributed by atoms with Gasteiger partial charge in [-0.1, -0.05) is 107 Å². The molecule has 39 heavy (non-hydrogen) atoms. The molecule has 0 heterocycles. The molecule has 2 unspecified atom stereocenters. The summed E-state index contributed by atoms with van der Waals surface area (Å²) in [6.07, 6.45) is 7.98. The van der Waals surface area contributed by atoms with E-state index in [0.717, 1.165) is 32.7 Å². The van der Waals surface area contributed by atoms with Gasteiger partial charge in [-0.15, -0.1) is 0 Å². The van der Waals surface area contributed by atoms with Crippen molar-refractivity contribution in [2.45, 2.75) is 67.1 Å². The van der Waals surface area contributed by atoms with Gasteiger partial charge in [0.05, 0.1) is 39.8 Å². The Kier molecular flexibility index (Phi) is 13.4. The van der Waals surface area contributed by atoms with Gasteiger partial charge < -0.3 is 14.2 Å². The Bertz CT molecular complexity index is 982. The van der Waals surface area contributed by atoms with Gasteiger partial charge in [0.15, 0.2) is 0 Å². The first-order valence-corrected chi connectivity index (χ1v) is 13.8. The molecule has 0 spiro atoms. The van der Waals surface area contributed by atoms with Crippen LogP contribution in [0, 0.1) is 22.7 Å². The van der Waals surface area contributed by atoms with Crippen molar-refractivity contribution in [3.8, 4) is 0 Å². The fraction of sp³-hybridized carbons (Fsp3) is 0.500. The summed E-state index contributed by atoms with van der Waals surface area (Å²) in [6, 6.07) is 20.7. The summed E-state index contributed by atoms with van der Waals surface area (Å²) in [6.45, 7) is 14.6. The number of hydrogen-bond donors (Lipinski definition) is 0. The lowest BCUT2D eigenvalue weighted by atomic mass is 9.59. The van der Waals surface area contributed by atoms with E-state index in [0.29, 0.717) is 23.9 Å². The van der Waals surface area contributed by atoms with E-state index in [9.17, 15) is 0 Å². The third kappa shape index (κ3) is 9.61. The summed E-state index contributed by atoms with van der Waals surface area (Å²) in [5, 5.41) is 0. The molecule has 4 rings (SSSR count). The number of allylic oxidation sites excluding steroid dienone is 3. The minimum Gasteiger partial charge on any atom is -0.504 e. The Labute approximate surface area is 235 Å². The molecule has 2 aromatic rings. The highest BCUT2D eigenvalue weighted by Crippen LogP contribution is 2.51. The molecule has 0 bridgehead atoms. The Morgan fingerprint density at radius 2 is 1.18 bits per heavy atom. The van der Waals surface area contributed by atoms with Gasteiger partial charge >= 0.3 is 6.15 Å². The highest BCUT2D eigenvalue weighted by atomic mass is 16.5. The summed E-state index contributed by atoms with van der Waals surface area (Å²) >= 11 is 0. The van der Waals surface area contributed by atoms with Crippen molar-refractivity contribution in [1.29, 1.82) is 0 Å². The molecule has 2 saturated carbocycles. The fourth-order valence-corrected chi connectivity index (χ4v) is 5.09. The van der Waals surface area contributed by atoms with Crippen LogP contribution in [0.1, 0.15) is 65.0 Å². The Morgan fingerprint density at radius 1 is 0.769 bits per heavy atom. The smallest absolute Gasteiger partial charge is 0.373 e. The number of rotatable bonds is 10. The van der Waals surface area contributed by atoms with E-state index in [1.165, 1.54) is 23.1 Å². The molecule has 2 aromatic carbocycles. The molecule has 0 radical (unpaired) electrons. The quantitative estimate of drug-likeness (QED) is 0.230. The Balaban J connectivity index is 0.000000249. The van der Waals surface area contributed by atoms with Crippen LogP contribution in [0.25, 0.3) is 0 Å². The summed E-state index contributed by atoms with van der Waals surface area (Å²) in [7, 11) is 1.71. The summed E-state index contributed by atoms with van der Waals surface area (Å²) in [5.74, 6) is 1.28.